The Hall–Kier alpha value is -0.830. The third-order valence-corrected chi connectivity index (χ3v) is 5.14. The molecule has 1 heterocycles. The van der Waals surface area contributed by atoms with Crippen molar-refractivity contribution in [3.8, 4) is 0 Å². The van der Waals surface area contributed by atoms with Gasteiger partial charge in [-0.1, -0.05) is 20.8 Å². The minimum absolute atomic E-state index is 0.199. The number of esters is 1. The molecule has 0 amide bonds. The van der Waals surface area contributed by atoms with Crippen molar-refractivity contribution >= 4 is 5.97 Å². The van der Waals surface area contributed by atoms with Crippen LogP contribution in [0.25, 0.3) is 0 Å². The lowest BCUT2D eigenvalue weighted by Gasteiger charge is -2.26. The van der Waals surface area contributed by atoms with Crippen molar-refractivity contribution in [2.75, 3.05) is 6.61 Å². The summed E-state index contributed by atoms with van der Waals surface area (Å²) in [6, 6.07) is 0. The second-order valence-electron chi connectivity index (χ2n) is 7.11. The molecule has 1 saturated carbocycles. The Morgan fingerprint density at radius 1 is 1.28 bits per heavy atom. The number of aliphatic hydroxyl groups is 1. The number of fused-ring (bicyclic) bond motifs is 1. The molecule has 18 heavy (non-hydrogen) atoms. The highest BCUT2D eigenvalue weighted by atomic mass is 16.5. The first-order chi connectivity index (χ1) is 8.39. The van der Waals surface area contributed by atoms with E-state index in [-0.39, 0.29) is 5.97 Å². The SMILES string of the molecule is C[C@@H]1CC2=C(COC2=O)[C@@H](O)[C@@H]2CC(C)(C)C[C@@H]21. The Morgan fingerprint density at radius 2 is 1.94 bits per heavy atom. The summed E-state index contributed by atoms with van der Waals surface area (Å²) in [4.78, 5) is 11.7. The molecule has 4 atom stereocenters. The van der Waals surface area contributed by atoms with Crippen LogP contribution in [0.2, 0.25) is 0 Å². The Labute approximate surface area is 108 Å². The largest absolute Gasteiger partial charge is 0.458 e. The van der Waals surface area contributed by atoms with Crippen LogP contribution in [0.15, 0.2) is 11.1 Å². The lowest BCUT2D eigenvalue weighted by atomic mass is 9.81. The van der Waals surface area contributed by atoms with Gasteiger partial charge in [-0.25, -0.2) is 4.79 Å². The van der Waals surface area contributed by atoms with Crippen molar-refractivity contribution in [3.05, 3.63) is 11.1 Å². The lowest BCUT2D eigenvalue weighted by molar-refractivity contribution is -0.136. The van der Waals surface area contributed by atoms with Crippen LogP contribution >= 0.6 is 0 Å². The summed E-state index contributed by atoms with van der Waals surface area (Å²) in [5.74, 6) is 1.10. The molecule has 0 saturated heterocycles. The van der Waals surface area contributed by atoms with Crippen LogP contribution in [0.1, 0.15) is 40.0 Å². The second kappa shape index (κ2) is 3.83. The normalized spacial score (nSPS) is 42.3. The van der Waals surface area contributed by atoms with Crippen molar-refractivity contribution in [1.29, 1.82) is 0 Å². The summed E-state index contributed by atoms with van der Waals surface area (Å²) in [7, 11) is 0. The zero-order chi connectivity index (χ0) is 13.1. The zero-order valence-corrected chi connectivity index (χ0v) is 11.4. The van der Waals surface area contributed by atoms with E-state index in [1.54, 1.807) is 0 Å². The standard InChI is InChI=1S/C15H22O3/c1-8-4-9-12(7-18-14(9)17)13(16)11-6-15(2,3)5-10(8)11/h8,10-11,13,16H,4-7H2,1-3H3/t8-,10-,11-,13+/m1/s1. The number of aliphatic hydroxyl groups excluding tert-OH is 1. The van der Waals surface area contributed by atoms with E-state index >= 15 is 0 Å². The van der Waals surface area contributed by atoms with E-state index in [1.165, 1.54) is 0 Å². The van der Waals surface area contributed by atoms with Gasteiger partial charge in [-0.2, -0.15) is 0 Å². The minimum Gasteiger partial charge on any atom is -0.458 e. The Bertz CT molecular complexity index is 421. The number of carbonyl (C=O) groups excluding carboxylic acids is 1. The highest BCUT2D eigenvalue weighted by Gasteiger charge is 2.49. The first-order valence-corrected chi connectivity index (χ1v) is 6.96. The minimum atomic E-state index is -0.469. The molecule has 3 rings (SSSR count). The molecule has 100 valence electrons. The van der Waals surface area contributed by atoms with Crippen molar-refractivity contribution in [3.63, 3.8) is 0 Å². The number of rotatable bonds is 0. The molecule has 0 radical (unpaired) electrons. The molecule has 1 aliphatic heterocycles. The summed E-state index contributed by atoms with van der Waals surface area (Å²) in [5, 5.41) is 10.6. The van der Waals surface area contributed by atoms with E-state index < -0.39 is 6.10 Å². The van der Waals surface area contributed by atoms with Crippen molar-refractivity contribution < 1.29 is 14.6 Å². The Kier molecular flexibility index (Phi) is 2.60. The third-order valence-electron chi connectivity index (χ3n) is 5.14. The molecule has 2 aliphatic carbocycles. The van der Waals surface area contributed by atoms with E-state index in [2.05, 4.69) is 20.8 Å². The fourth-order valence-corrected chi connectivity index (χ4v) is 4.29. The van der Waals surface area contributed by atoms with E-state index in [9.17, 15) is 9.90 Å². The molecule has 3 nitrogen and oxygen atoms in total. The maximum Gasteiger partial charge on any atom is 0.334 e. The summed E-state index contributed by atoms with van der Waals surface area (Å²) < 4.78 is 5.10. The number of cyclic esters (lactones) is 1. The first kappa shape index (κ1) is 12.2. The summed E-state index contributed by atoms with van der Waals surface area (Å²) in [6.07, 6.45) is 2.52. The van der Waals surface area contributed by atoms with Gasteiger partial charge in [0, 0.05) is 11.1 Å². The topological polar surface area (TPSA) is 46.5 Å². The highest BCUT2D eigenvalue weighted by Crippen LogP contribution is 2.53. The fourth-order valence-electron chi connectivity index (χ4n) is 4.29. The third kappa shape index (κ3) is 1.71. The molecule has 0 aromatic heterocycles. The second-order valence-corrected chi connectivity index (χ2v) is 7.11. The molecule has 0 unspecified atom stereocenters. The molecular weight excluding hydrogens is 228 g/mol. The van der Waals surface area contributed by atoms with Crippen LogP contribution in [0.3, 0.4) is 0 Å². The molecule has 0 bridgehead atoms. The van der Waals surface area contributed by atoms with Gasteiger partial charge in [0.1, 0.15) is 6.61 Å². The zero-order valence-electron chi connectivity index (χ0n) is 11.4. The van der Waals surface area contributed by atoms with Gasteiger partial charge in [0.2, 0.25) is 0 Å². The van der Waals surface area contributed by atoms with Gasteiger partial charge < -0.3 is 9.84 Å². The molecule has 1 fully saturated rings. The predicted octanol–water partition coefficient (Wildman–Crippen LogP) is 2.29. The van der Waals surface area contributed by atoms with Gasteiger partial charge in [-0.15, -0.1) is 0 Å². The van der Waals surface area contributed by atoms with Gasteiger partial charge in [-0.05, 0) is 42.4 Å². The number of hydrogen-bond acceptors (Lipinski definition) is 3. The van der Waals surface area contributed by atoms with E-state index in [4.69, 9.17) is 4.74 Å². The van der Waals surface area contributed by atoms with Crippen LogP contribution in [0.4, 0.5) is 0 Å². The van der Waals surface area contributed by atoms with Crippen molar-refractivity contribution in [1.82, 2.24) is 0 Å². The molecule has 0 spiro atoms. The average Bonchev–Trinajstić information content (AvgIpc) is 2.77. The molecular formula is C15H22O3. The van der Waals surface area contributed by atoms with Crippen LogP contribution in [0.5, 0.6) is 0 Å². The lowest BCUT2D eigenvalue weighted by Crippen LogP contribution is -2.28. The van der Waals surface area contributed by atoms with Crippen molar-refractivity contribution in [2.45, 2.75) is 46.1 Å². The number of ether oxygens (including phenoxy) is 1. The predicted molar refractivity (Wildman–Crippen MR) is 67.8 cm³/mol. The van der Waals surface area contributed by atoms with Gasteiger partial charge in [0.05, 0.1) is 6.10 Å². The monoisotopic (exact) mass is 250 g/mol. The van der Waals surface area contributed by atoms with E-state index in [0.717, 1.165) is 30.4 Å². The summed E-state index contributed by atoms with van der Waals surface area (Å²) in [6.45, 7) is 7.10. The van der Waals surface area contributed by atoms with Crippen LogP contribution in [0, 0.1) is 23.2 Å². The van der Waals surface area contributed by atoms with Crippen LogP contribution in [-0.2, 0) is 9.53 Å². The maximum atomic E-state index is 11.7. The van der Waals surface area contributed by atoms with Gasteiger partial charge in [-0.3, -0.25) is 0 Å². The van der Waals surface area contributed by atoms with Gasteiger partial charge >= 0.3 is 5.97 Å². The molecule has 1 N–H and O–H groups in total. The number of carbonyl (C=O) groups is 1. The van der Waals surface area contributed by atoms with Crippen LogP contribution in [-0.4, -0.2) is 23.8 Å². The van der Waals surface area contributed by atoms with E-state index in [1.807, 2.05) is 0 Å². The molecule has 0 aromatic rings. The van der Waals surface area contributed by atoms with Crippen molar-refractivity contribution in [2.24, 2.45) is 23.2 Å². The Morgan fingerprint density at radius 3 is 2.67 bits per heavy atom. The first-order valence-electron chi connectivity index (χ1n) is 6.96. The average molecular weight is 250 g/mol. The summed E-state index contributed by atoms with van der Waals surface area (Å²) in [5.41, 5.74) is 1.95. The molecule has 3 heteroatoms. The van der Waals surface area contributed by atoms with Gasteiger partial charge in [0.25, 0.3) is 0 Å². The smallest absolute Gasteiger partial charge is 0.334 e. The summed E-state index contributed by atoms with van der Waals surface area (Å²) >= 11 is 0. The maximum absolute atomic E-state index is 11.7. The fraction of sp³-hybridized carbons (Fsp3) is 0.800. The number of hydrogen-bond donors (Lipinski definition) is 1. The molecule has 3 aliphatic rings. The van der Waals surface area contributed by atoms with Crippen LogP contribution < -0.4 is 0 Å². The highest BCUT2D eigenvalue weighted by molar-refractivity contribution is 5.92. The van der Waals surface area contributed by atoms with Gasteiger partial charge in [0.15, 0.2) is 0 Å². The quantitative estimate of drug-likeness (QED) is 0.671. The molecule has 0 aromatic carbocycles. The Balaban J connectivity index is 1.97. The van der Waals surface area contributed by atoms with E-state index in [0.29, 0.717) is 29.8 Å².